The van der Waals surface area contributed by atoms with Crippen LogP contribution in [0.25, 0.3) is 5.69 Å². The Kier molecular flexibility index (Phi) is 2.38. The van der Waals surface area contributed by atoms with E-state index in [0.717, 1.165) is 11.4 Å². The van der Waals surface area contributed by atoms with Crippen molar-refractivity contribution in [3.8, 4) is 17.5 Å². The molecule has 0 spiro atoms. The third kappa shape index (κ3) is 1.67. The van der Waals surface area contributed by atoms with Gasteiger partial charge in [0, 0.05) is 6.20 Å². The Morgan fingerprint density at radius 2 is 2.20 bits per heavy atom. The number of hydrogen-bond donors (Lipinski definition) is 0. The Balaban J connectivity index is 2.49. The summed E-state index contributed by atoms with van der Waals surface area (Å²) in [6.45, 7) is 0. The molecule has 4 nitrogen and oxygen atoms in total. The van der Waals surface area contributed by atoms with Crippen LogP contribution in [0, 0.1) is 11.3 Å². The van der Waals surface area contributed by atoms with Crippen LogP contribution in [0.3, 0.4) is 0 Å². The van der Waals surface area contributed by atoms with Gasteiger partial charge >= 0.3 is 0 Å². The minimum absolute atomic E-state index is 0.529. The molecular weight excluding hydrogens is 190 g/mol. The second-order valence-electron chi connectivity index (χ2n) is 2.96. The van der Waals surface area contributed by atoms with Crippen molar-refractivity contribution < 1.29 is 4.74 Å². The fourth-order valence-electron chi connectivity index (χ4n) is 1.33. The fourth-order valence-corrected chi connectivity index (χ4v) is 1.33. The zero-order chi connectivity index (χ0) is 10.7. The van der Waals surface area contributed by atoms with Crippen molar-refractivity contribution in [1.29, 1.82) is 5.26 Å². The number of para-hydroxylation sites is 2. The first kappa shape index (κ1) is 9.28. The summed E-state index contributed by atoms with van der Waals surface area (Å²) in [5, 5.41) is 12.8. The zero-order valence-electron chi connectivity index (χ0n) is 8.21. The molecule has 2 aromatic rings. The lowest BCUT2D eigenvalue weighted by molar-refractivity contribution is 0.411. The van der Waals surface area contributed by atoms with Crippen molar-refractivity contribution in [2.24, 2.45) is 0 Å². The minimum atomic E-state index is 0.529. The van der Waals surface area contributed by atoms with Crippen molar-refractivity contribution in [2.45, 2.75) is 0 Å². The lowest BCUT2D eigenvalue weighted by Crippen LogP contribution is -1.97. The van der Waals surface area contributed by atoms with Gasteiger partial charge in [-0.3, -0.25) is 0 Å². The SMILES string of the molecule is COc1ccccc1-n1cc(C#N)cn1. The first-order valence-corrected chi connectivity index (χ1v) is 4.43. The van der Waals surface area contributed by atoms with Crippen LogP contribution in [-0.4, -0.2) is 16.9 Å². The lowest BCUT2D eigenvalue weighted by atomic mass is 10.3. The summed E-state index contributed by atoms with van der Waals surface area (Å²) >= 11 is 0. The van der Waals surface area contributed by atoms with Crippen LogP contribution in [0.2, 0.25) is 0 Å². The van der Waals surface area contributed by atoms with Crippen LogP contribution in [0.4, 0.5) is 0 Å². The van der Waals surface area contributed by atoms with Crippen molar-refractivity contribution in [2.75, 3.05) is 7.11 Å². The topological polar surface area (TPSA) is 50.8 Å². The summed E-state index contributed by atoms with van der Waals surface area (Å²) in [4.78, 5) is 0. The van der Waals surface area contributed by atoms with Crippen LogP contribution >= 0.6 is 0 Å². The minimum Gasteiger partial charge on any atom is -0.494 e. The summed E-state index contributed by atoms with van der Waals surface area (Å²) in [5.41, 5.74) is 1.35. The molecule has 0 saturated heterocycles. The van der Waals surface area contributed by atoms with Crippen LogP contribution in [0.15, 0.2) is 36.7 Å². The molecule has 0 fully saturated rings. The van der Waals surface area contributed by atoms with Gasteiger partial charge in [-0.2, -0.15) is 10.4 Å². The van der Waals surface area contributed by atoms with Gasteiger partial charge < -0.3 is 4.74 Å². The van der Waals surface area contributed by atoms with E-state index < -0.39 is 0 Å². The number of ether oxygens (including phenoxy) is 1. The van der Waals surface area contributed by atoms with Crippen molar-refractivity contribution >= 4 is 0 Å². The van der Waals surface area contributed by atoms with E-state index in [1.807, 2.05) is 30.3 Å². The predicted molar refractivity (Wildman–Crippen MR) is 54.8 cm³/mol. The lowest BCUT2D eigenvalue weighted by Gasteiger charge is -2.06. The molecule has 1 aromatic carbocycles. The maximum atomic E-state index is 8.69. The second kappa shape index (κ2) is 3.84. The van der Waals surface area contributed by atoms with Gasteiger partial charge in [0.05, 0.1) is 18.9 Å². The highest BCUT2D eigenvalue weighted by Crippen LogP contribution is 2.21. The highest BCUT2D eigenvalue weighted by Gasteiger charge is 2.05. The number of aromatic nitrogens is 2. The molecule has 0 radical (unpaired) electrons. The molecule has 1 aromatic heterocycles. The average Bonchev–Trinajstić information content (AvgIpc) is 2.77. The summed E-state index contributed by atoms with van der Waals surface area (Å²) in [5.74, 6) is 0.727. The Morgan fingerprint density at radius 3 is 2.87 bits per heavy atom. The molecule has 0 amide bonds. The second-order valence-corrected chi connectivity index (χ2v) is 2.96. The third-order valence-corrected chi connectivity index (χ3v) is 2.04. The largest absolute Gasteiger partial charge is 0.494 e. The zero-order valence-corrected chi connectivity index (χ0v) is 8.21. The molecule has 0 N–H and O–H groups in total. The van der Waals surface area contributed by atoms with Gasteiger partial charge in [-0.15, -0.1) is 0 Å². The van der Waals surface area contributed by atoms with E-state index in [0.29, 0.717) is 5.56 Å². The van der Waals surface area contributed by atoms with Gasteiger partial charge in [-0.05, 0) is 12.1 Å². The fraction of sp³-hybridized carbons (Fsp3) is 0.0909. The molecule has 0 aliphatic carbocycles. The van der Waals surface area contributed by atoms with Crippen molar-refractivity contribution in [1.82, 2.24) is 9.78 Å². The molecule has 15 heavy (non-hydrogen) atoms. The molecule has 74 valence electrons. The number of nitriles is 1. The number of rotatable bonds is 2. The normalized spacial score (nSPS) is 9.60. The van der Waals surface area contributed by atoms with Gasteiger partial charge in [-0.25, -0.2) is 4.68 Å². The van der Waals surface area contributed by atoms with Gasteiger partial charge in [0.2, 0.25) is 0 Å². The van der Waals surface area contributed by atoms with E-state index in [2.05, 4.69) is 5.10 Å². The predicted octanol–water partition coefficient (Wildman–Crippen LogP) is 1.75. The number of hydrogen-bond acceptors (Lipinski definition) is 3. The molecule has 0 atom stereocenters. The Bertz CT molecular complexity index is 511. The summed E-state index contributed by atoms with van der Waals surface area (Å²) < 4.78 is 6.82. The molecule has 0 bridgehead atoms. The highest BCUT2D eigenvalue weighted by molar-refractivity contribution is 5.46. The van der Waals surface area contributed by atoms with Gasteiger partial charge in [0.25, 0.3) is 0 Å². The van der Waals surface area contributed by atoms with Crippen LogP contribution in [0.5, 0.6) is 5.75 Å². The van der Waals surface area contributed by atoms with Crippen LogP contribution < -0.4 is 4.74 Å². The molecule has 1 heterocycles. The Hall–Kier alpha value is -2.28. The van der Waals surface area contributed by atoms with E-state index in [1.165, 1.54) is 6.20 Å². The maximum Gasteiger partial charge on any atom is 0.144 e. The van der Waals surface area contributed by atoms with Crippen molar-refractivity contribution in [3.05, 3.63) is 42.2 Å². The quantitative estimate of drug-likeness (QED) is 0.740. The molecule has 0 saturated carbocycles. The third-order valence-electron chi connectivity index (χ3n) is 2.04. The summed E-state index contributed by atoms with van der Waals surface area (Å²) in [6.07, 6.45) is 3.18. The summed E-state index contributed by atoms with van der Waals surface area (Å²) in [6, 6.07) is 9.54. The Labute approximate surface area is 87.3 Å². The van der Waals surface area contributed by atoms with Crippen molar-refractivity contribution in [3.63, 3.8) is 0 Å². The van der Waals surface area contributed by atoms with Gasteiger partial charge in [0.15, 0.2) is 0 Å². The first-order valence-electron chi connectivity index (χ1n) is 4.43. The van der Waals surface area contributed by atoms with Crippen LogP contribution in [0.1, 0.15) is 5.56 Å². The van der Waals surface area contributed by atoms with Gasteiger partial charge in [0.1, 0.15) is 17.5 Å². The number of benzene rings is 1. The molecular formula is C11H9N3O. The first-order chi connectivity index (χ1) is 7.35. The van der Waals surface area contributed by atoms with E-state index in [9.17, 15) is 0 Å². The molecule has 0 unspecified atom stereocenters. The Morgan fingerprint density at radius 1 is 1.40 bits per heavy atom. The summed E-state index contributed by atoms with van der Waals surface area (Å²) in [7, 11) is 1.60. The maximum absolute atomic E-state index is 8.69. The monoisotopic (exact) mass is 199 g/mol. The standard InChI is InChI=1S/C11H9N3O/c1-15-11-5-3-2-4-10(11)14-8-9(6-12)7-13-14/h2-5,7-8H,1H3. The number of methoxy groups -OCH3 is 1. The molecule has 2 rings (SSSR count). The molecule has 0 aliphatic heterocycles. The number of nitrogens with zero attached hydrogens (tertiary/aromatic N) is 3. The molecule has 0 aliphatic rings. The van der Waals surface area contributed by atoms with E-state index in [4.69, 9.17) is 10.00 Å². The highest BCUT2D eigenvalue weighted by atomic mass is 16.5. The van der Waals surface area contributed by atoms with Crippen LogP contribution in [-0.2, 0) is 0 Å². The van der Waals surface area contributed by atoms with E-state index >= 15 is 0 Å². The molecule has 4 heteroatoms. The smallest absolute Gasteiger partial charge is 0.144 e. The average molecular weight is 199 g/mol. The van der Waals surface area contributed by atoms with E-state index in [-0.39, 0.29) is 0 Å². The van der Waals surface area contributed by atoms with E-state index in [1.54, 1.807) is 18.0 Å². The van der Waals surface area contributed by atoms with Gasteiger partial charge in [-0.1, -0.05) is 12.1 Å².